The van der Waals surface area contributed by atoms with Crippen LogP contribution in [0.2, 0.25) is 0 Å². The van der Waals surface area contributed by atoms with Crippen molar-refractivity contribution in [3.8, 4) is 44.5 Å². The van der Waals surface area contributed by atoms with Gasteiger partial charge in [0.25, 0.3) is 0 Å². The molecule has 298 valence electrons. The minimum atomic E-state index is -0.250. The SMILES string of the molecule is Fc1cc(-c2ccccc2)cc(-c2ccccc2)c1N(c1ccccc1)c1cc(-c2cc3ccccc3c3ccccc23)c2c(c1)C1(c3ccccc3-2)C2CC3CC(C2)CC1C3. The topological polar surface area (TPSA) is 3.24 Å². The zero-order chi connectivity index (χ0) is 40.9. The van der Waals surface area contributed by atoms with Gasteiger partial charge in [0, 0.05) is 22.4 Å². The molecule has 0 saturated heterocycles. The molecule has 0 amide bonds. The van der Waals surface area contributed by atoms with Gasteiger partial charge in [0.2, 0.25) is 0 Å². The molecule has 0 heterocycles. The first-order valence-corrected chi connectivity index (χ1v) is 22.6. The molecule has 4 saturated carbocycles. The van der Waals surface area contributed by atoms with E-state index in [0.29, 0.717) is 17.5 Å². The van der Waals surface area contributed by atoms with E-state index in [-0.39, 0.29) is 11.2 Å². The Morgan fingerprint density at radius 3 is 1.73 bits per heavy atom. The van der Waals surface area contributed by atoms with Gasteiger partial charge in [0.05, 0.1) is 5.69 Å². The van der Waals surface area contributed by atoms with Gasteiger partial charge in [0.15, 0.2) is 0 Å². The summed E-state index contributed by atoms with van der Waals surface area (Å²) < 4.78 is 17.9. The van der Waals surface area contributed by atoms with E-state index in [1.165, 1.54) is 87.0 Å². The molecular weight excluding hydrogens is 754 g/mol. The summed E-state index contributed by atoms with van der Waals surface area (Å²) in [7, 11) is 0. The van der Waals surface area contributed by atoms with Gasteiger partial charge in [-0.2, -0.15) is 0 Å². The van der Waals surface area contributed by atoms with Crippen LogP contribution in [0.3, 0.4) is 0 Å². The maximum Gasteiger partial charge on any atom is 0.148 e. The van der Waals surface area contributed by atoms with Gasteiger partial charge in [0.1, 0.15) is 5.82 Å². The van der Waals surface area contributed by atoms with Crippen LogP contribution in [0.15, 0.2) is 194 Å². The van der Waals surface area contributed by atoms with Crippen LogP contribution < -0.4 is 4.90 Å². The lowest BCUT2D eigenvalue weighted by molar-refractivity contribution is -0.0399. The van der Waals surface area contributed by atoms with Crippen molar-refractivity contribution in [1.82, 2.24) is 0 Å². The van der Waals surface area contributed by atoms with Crippen LogP contribution in [0.25, 0.3) is 66.1 Å². The summed E-state index contributed by atoms with van der Waals surface area (Å²) in [5, 5.41) is 4.98. The maximum absolute atomic E-state index is 17.9. The molecule has 9 aromatic carbocycles. The molecule has 9 aromatic rings. The van der Waals surface area contributed by atoms with E-state index >= 15 is 4.39 Å². The molecule has 14 rings (SSSR count). The van der Waals surface area contributed by atoms with Crippen LogP contribution in [0.1, 0.15) is 43.2 Å². The molecular formula is C60H46FN. The molecule has 1 spiro atoms. The maximum atomic E-state index is 17.9. The van der Waals surface area contributed by atoms with Crippen molar-refractivity contribution in [2.45, 2.75) is 37.5 Å². The predicted molar refractivity (Wildman–Crippen MR) is 256 cm³/mol. The molecule has 62 heavy (non-hydrogen) atoms. The molecule has 1 nitrogen and oxygen atoms in total. The van der Waals surface area contributed by atoms with Crippen molar-refractivity contribution in [2.24, 2.45) is 23.7 Å². The predicted octanol–water partition coefficient (Wildman–Crippen LogP) is 16.3. The fourth-order valence-electron chi connectivity index (χ4n) is 13.3. The van der Waals surface area contributed by atoms with Crippen molar-refractivity contribution >= 4 is 38.6 Å². The molecule has 0 radical (unpaired) electrons. The molecule has 0 N–H and O–H groups in total. The van der Waals surface area contributed by atoms with E-state index in [4.69, 9.17) is 0 Å². The number of rotatable bonds is 6. The van der Waals surface area contributed by atoms with Crippen molar-refractivity contribution in [1.29, 1.82) is 0 Å². The number of nitrogens with zero attached hydrogens (tertiary/aromatic N) is 1. The normalized spacial score (nSPS) is 21.7. The van der Waals surface area contributed by atoms with E-state index < -0.39 is 0 Å². The third kappa shape index (κ3) is 5.26. The smallest absolute Gasteiger partial charge is 0.148 e. The van der Waals surface area contributed by atoms with Gasteiger partial charge < -0.3 is 4.90 Å². The highest BCUT2D eigenvalue weighted by atomic mass is 19.1. The highest BCUT2D eigenvalue weighted by Crippen LogP contribution is 2.70. The number of hydrogen-bond acceptors (Lipinski definition) is 1. The first kappa shape index (κ1) is 35.9. The Balaban J connectivity index is 1.16. The number of benzene rings is 9. The molecule has 4 fully saturated rings. The number of hydrogen-bond donors (Lipinski definition) is 0. The summed E-state index contributed by atoms with van der Waals surface area (Å²) in [6, 6.07) is 69.6. The molecule has 0 aliphatic heterocycles. The monoisotopic (exact) mass is 799 g/mol. The van der Waals surface area contributed by atoms with E-state index in [2.05, 4.69) is 169 Å². The largest absolute Gasteiger partial charge is 0.307 e. The van der Waals surface area contributed by atoms with Crippen LogP contribution in [-0.2, 0) is 5.41 Å². The lowest BCUT2D eigenvalue weighted by atomic mass is 9.43. The number of para-hydroxylation sites is 1. The second kappa shape index (κ2) is 13.9. The second-order valence-electron chi connectivity index (χ2n) is 18.6. The summed E-state index contributed by atoms with van der Waals surface area (Å²) in [4.78, 5) is 2.24. The van der Waals surface area contributed by atoms with Crippen LogP contribution in [0.5, 0.6) is 0 Å². The minimum absolute atomic E-state index is 0.100. The first-order chi connectivity index (χ1) is 30.6. The van der Waals surface area contributed by atoms with Crippen molar-refractivity contribution in [2.75, 3.05) is 4.90 Å². The lowest BCUT2D eigenvalue weighted by Crippen LogP contribution is -2.55. The summed E-state index contributed by atoms with van der Waals surface area (Å²) in [5.74, 6) is 2.53. The quantitative estimate of drug-likeness (QED) is 0.151. The molecule has 0 atom stereocenters. The zero-order valence-electron chi connectivity index (χ0n) is 34.6. The van der Waals surface area contributed by atoms with Crippen LogP contribution in [0.4, 0.5) is 21.5 Å². The Morgan fingerprint density at radius 1 is 0.403 bits per heavy atom. The average Bonchev–Trinajstić information content (AvgIpc) is 3.62. The molecule has 5 aliphatic rings. The van der Waals surface area contributed by atoms with Gasteiger partial charge in [-0.25, -0.2) is 4.39 Å². The standard InChI is InChI=1S/C60H46FN/c61-57-35-43(40-16-4-1-5-17-40)34-52(41-18-6-2-7-19-41)59(57)62(46-21-8-3-9-22-46)47-36-54(53-33-42-20-10-11-23-48(42)49-24-12-13-25-50(49)53)58-51-26-14-15-27-55(51)60(56(58)37-47)44-29-38-28-39(31-44)32-45(60)30-38/h1-27,33-39,44-45H,28-32H2. The Bertz CT molecular complexity index is 3180. The zero-order valence-corrected chi connectivity index (χ0v) is 34.6. The number of fused-ring (bicyclic) bond motifs is 6. The van der Waals surface area contributed by atoms with Gasteiger partial charge in [-0.15, -0.1) is 0 Å². The summed E-state index contributed by atoms with van der Waals surface area (Å²) in [6.07, 6.45) is 6.55. The Hall–Kier alpha value is -6.77. The number of halogens is 1. The van der Waals surface area contributed by atoms with Gasteiger partial charge in [-0.3, -0.25) is 0 Å². The van der Waals surface area contributed by atoms with E-state index in [1.54, 1.807) is 6.07 Å². The summed E-state index contributed by atoms with van der Waals surface area (Å²) in [6.45, 7) is 0. The second-order valence-corrected chi connectivity index (χ2v) is 18.6. The molecule has 2 heteroatoms. The van der Waals surface area contributed by atoms with Crippen LogP contribution in [-0.4, -0.2) is 0 Å². The summed E-state index contributed by atoms with van der Waals surface area (Å²) >= 11 is 0. The lowest BCUT2D eigenvalue weighted by Gasteiger charge is -2.61. The Kier molecular flexibility index (Phi) is 8.04. The third-order valence-electron chi connectivity index (χ3n) is 15.4. The fraction of sp³-hybridized carbons (Fsp3) is 0.167. The number of anilines is 3. The van der Waals surface area contributed by atoms with E-state index in [0.717, 1.165) is 45.5 Å². The average molecular weight is 800 g/mol. The molecule has 4 bridgehead atoms. The van der Waals surface area contributed by atoms with Gasteiger partial charge in [-0.05, 0) is 170 Å². The van der Waals surface area contributed by atoms with Crippen molar-refractivity contribution in [3.63, 3.8) is 0 Å². The van der Waals surface area contributed by atoms with Gasteiger partial charge in [-0.1, -0.05) is 152 Å². The first-order valence-electron chi connectivity index (χ1n) is 22.6. The highest BCUT2D eigenvalue weighted by Gasteiger charge is 2.62. The van der Waals surface area contributed by atoms with Gasteiger partial charge >= 0.3 is 0 Å². The third-order valence-corrected chi connectivity index (χ3v) is 15.4. The Labute approximate surface area is 363 Å². The Morgan fingerprint density at radius 2 is 1.00 bits per heavy atom. The highest BCUT2D eigenvalue weighted by molar-refractivity contribution is 6.16. The van der Waals surface area contributed by atoms with E-state index in [1.807, 2.05) is 24.3 Å². The molecule has 5 aliphatic carbocycles. The van der Waals surface area contributed by atoms with E-state index in [9.17, 15) is 0 Å². The van der Waals surface area contributed by atoms with Crippen molar-refractivity contribution in [3.05, 3.63) is 211 Å². The summed E-state index contributed by atoms with van der Waals surface area (Å²) in [5.41, 5.74) is 14.2. The van der Waals surface area contributed by atoms with Crippen molar-refractivity contribution < 1.29 is 4.39 Å². The molecule has 0 aromatic heterocycles. The van der Waals surface area contributed by atoms with Crippen LogP contribution in [0, 0.1) is 29.5 Å². The minimum Gasteiger partial charge on any atom is -0.307 e. The fourth-order valence-corrected chi connectivity index (χ4v) is 13.3. The molecule has 0 unspecified atom stereocenters. The van der Waals surface area contributed by atoms with Crippen LogP contribution >= 0.6 is 0 Å².